The first-order valence-electron chi connectivity index (χ1n) is 15.8. The van der Waals surface area contributed by atoms with E-state index in [9.17, 15) is 0 Å². The number of hydrogen-bond donors (Lipinski definition) is 0. The lowest BCUT2D eigenvalue weighted by Crippen LogP contribution is -2.67. The van der Waals surface area contributed by atoms with Crippen LogP contribution in [0.3, 0.4) is 0 Å². The Morgan fingerprint density at radius 1 is 0.905 bits per heavy atom. The van der Waals surface area contributed by atoms with Gasteiger partial charge in [0.2, 0.25) is 0 Å². The average molecular weight is 611 g/mol. The van der Waals surface area contributed by atoms with Crippen molar-refractivity contribution in [2.75, 3.05) is 20.3 Å². The van der Waals surface area contributed by atoms with Gasteiger partial charge in [-0.15, -0.1) is 0 Å². The third kappa shape index (κ3) is 8.33. The molecule has 1 heterocycles. The highest BCUT2D eigenvalue weighted by Crippen LogP contribution is 2.41. The first kappa shape index (κ1) is 34.9. The van der Waals surface area contributed by atoms with Gasteiger partial charge in [-0.2, -0.15) is 0 Å². The van der Waals surface area contributed by atoms with Crippen molar-refractivity contribution in [3.05, 3.63) is 72.3 Å². The maximum absolute atomic E-state index is 7.42. The molecule has 0 bridgehead atoms. The first-order chi connectivity index (χ1) is 19.5. The summed E-state index contributed by atoms with van der Waals surface area (Å²) in [5.74, 6) is 0.311. The van der Waals surface area contributed by atoms with Crippen LogP contribution in [0.4, 0.5) is 0 Å². The summed E-state index contributed by atoms with van der Waals surface area (Å²) in [7, 11) is -2.93. The number of ether oxygens (including phenoxy) is 2. The molecule has 0 aromatic heterocycles. The predicted octanol–water partition coefficient (Wildman–Crippen LogP) is 7.98. The molecule has 42 heavy (non-hydrogen) atoms. The van der Waals surface area contributed by atoms with Gasteiger partial charge in [0.05, 0.1) is 24.9 Å². The molecule has 3 rings (SSSR count). The Morgan fingerprint density at radius 2 is 1.40 bits per heavy atom. The molecule has 4 nitrogen and oxygen atoms in total. The normalized spacial score (nSPS) is 19.7. The molecule has 0 aliphatic carbocycles. The topological polar surface area (TPSA) is 40.2 Å². The number of methoxy groups -OCH3 is 1. The summed E-state index contributed by atoms with van der Waals surface area (Å²) in [5, 5.41) is 2.64. The third-order valence-electron chi connectivity index (χ3n) is 9.49. The number of epoxide rings is 1. The van der Waals surface area contributed by atoms with Crippen molar-refractivity contribution < 1.29 is 18.3 Å². The molecular formula is C36H58O4Si2. The van der Waals surface area contributed by atoms with Crippen LogP contribution in [0.1, 0.15) is 68.7 Å². The maximum atomic E-state index is 7.42. The van der Waals surface area contributed by atoms with Crippen molar-refractivity contribution in [3.8, 4) is 0 Å². The summed E-state index contributed by atoms with van der Waals surface area (Å²) in [4.78, 5) is 0. The van der Waals surface area contributed by atoms with E-state index >= 15 is 0 Å². The second-order valence-corrected chi connectivity index (χ2v) is 24.1. The second kappa shape index (κ2) is 14.0. The predicted molar refractivity (Wildman–Crippen MR) is 183 cm³/mol. The second-order valence-electron chi connectivity index (χ2n) is 15.0. The summed E-state index contributed by atoms with van der Waals surface area (Å²) in [6, 6.07) is 21.8. The molecule has 2 aromatic rings. The Labute approximate surface area is 259 Å². The van der Waals surface area contributed by atoms with Gasteiger partial charge in [0.25, 0.3) is 8.32 Å². The fourth-order valence-corrected chi connectivity index (χ4v) is 12.0. The molecule has 0 radical (unpaired) electrons. The van der Waals surface area contributed by atoms with E-state index in [1.165, 1.54) is 15.9 Å². The summed E-state index contributed by atoms with van der Waals surface area (Å²) in [6.45, 7) is 27.0. The fraction of sp³-hybridized carbons (Fsp3) is 0.611. The molecule has 1 saturated heterocycles. The average Bonchev–Trinajstić information content (AvgIpc) is 3.74. The SMILES string of the molecule is CO[C@H](/C=C(\C)C[C@@H]1CO1)[C@@H](C)[C@H](O[Si](C)(C)C(C)(C)C)[C@H](C)CO[Si](c1ccccc1)(c1ccccc1)C(C)(C)C. The highest BCUT2D eigenvalue weighted by atomic mass is 28.4. The van der Waals surface area contributed by atoms with Crippen molar-refractivity contribution in [2.24, 2.45) is 11.8 Å². The van der Waals surface area contributed by atoms with Crippen molar-refractivity contribution in [3.63, 3.8) is 0 Å². The van der Waals surface area contributed by atoms with Gasteiger partial charge >= 0.3 is 0 Å². The molecule has 6 heteroatoms. The molecule has 0 saturated carbocycles. The highest BCUT2D eigenvalue weighted by Gasteiger charge is 2.51. The summed E-state index contributed by atoms with van der Waals surface area (Å²) < 4.78 is 26.3. The Morgan fingerprint density at radius 3 is 1.81 bits per heavy atom. The lowest BCUT2D eigenvalue weighted by molar-refractivity contribution is -0.0103. The van der Waals surface area contributed by atoms with Gasteiger partial charge in [-0.1, -0.05) is 128 Å². The molecule has 0 amide bonds. The molecule has 0 N–H and O–H groups in total. The molecular weight excluding hydrogens is 553 g/mol. The van der Waals surface area contributed by atoms with Gasteiger partial charge in [0.15, 0.2) is 8.32 Å². The maximum Gasteiger partial charge on any atom is 0.261 e. The number of benzene rings is 2. The summed E-state index contributed by atoms with van der Waals surface area (Å²) in [5.41, 5.74) is 1.32. The van der Waals surface area contributed by atoms with Gasteiger partial charge in [0.1, 0.15) is 0 Å². The molecule has 1 aliphatic heterocycles. The van der Waals surface area contributed by atoms with E-state index in [0.29, 0.717) is 12.7 Å². The van der Waals surface area contributed by atoms with Crippen molar-refractivity contribution >= 4 is 27.0 Å². The Hall–Kier alpha value is -1.55. The van der Waals surface area contributed by atoms with Gasteiger partial charge in [0, 0.05) is 25.6 Å². The highest BCUT2D eigenvalue weighted by molar-refractivity contribution is 6.99. The Balaban J connectivity index is 2.00. The summed E-state index contributed by atoms with van der Waals surface area (Å²) in [6.07, 6.45) is 3.56. The van der Waals surface area contributed by atoms with Crippen molar-refractivity contribution in [1.29, 1.82) is 0 Å². The lowest BCUT2D eigenvalue weighted by atomic mass is 9.88. The molecule has 0 spiro atoms. The smallest absolute Gasteiger partial charge is 0.261 e. The Kier molecular flexibility index (Phi) is 11.7. The van der Waals surface area contributed by atoms with Crippen LogP contribution in [0, 0.1) is 11.8 Å². The van der Waals surface area contributed by atoms with Crippen molar-refractivity contribution in [1.82, 2.24) is 0 Å². The monoisotopic (exact) mass is 610 g/mol. The molecule has 234 valence electrons. The summed E-state index contributed by atoms with van der Waals surface area (Å²) >= 11 is 0. The zero-order valence-electron chi connectivity index (χ0n) is 28.5. The van der Waals surface area contributed by atoms with Gasteiger partial charge in [-0.05, 0) is 46.9 Å². The van der Waals surface area contributed by atoms with Crippen LogP contribution in [0.15, 0.2) is 72.3 Å². The minimum Gasteiger partial charge on any atom is -0.413 e. The van der Waals surface area contributed by atoms with Crippen LogP contribution in [-0.2, 0) is 18.3 Å². The van der Waals surface area contributed by atoms with E-state index in [2.05, 4.69) is 142 Å². The molecule has 0 unspecified atom stereocenters. The first-order valence-corrected chi connectivity index (χ1v) is 20.6. The molecule has 5 atom stereocenters. The van der Waals surface area contributed by atoms with Crippen LogP contribution in [0.25, 0.3) is 0 Å². The van der Waals surface area contributed by atoms with E-state index in [1.807, 2.05) is 7.11 Å². The minimum absolute atomic E-state index is 0.0183. The number of rotatable bonds is 14. The Bertz CT molecular complexity index is 1090. The molecule has 1 fully saturated rings. The third-order valence-corrected chi connectivity index (χ3v) is 19.0. The van der Waals surface area contributed by atoms with Gasteiger partial charge < -0.3 is 18.3 Å². The van der Waals surface area contributed by atoms with Crippen LogP contribution < -0.4 is 10.4 Å². The zero-order valence-corrected chi connectivity index (χ0v) is 30.5. The number of hydrogen-bond acceptors (Lipinski definition) is 4. The lowest BCUT2D eigenvalue weighted by Gasteiger charge is -2.46. The minimum atomic E-state index is -2.66. The zero-order chi connectivity index (χ0) is 31.3. The fourth-order valence-electron chi connectivity index (χ4n) is 5.89. The largest absolute Gasteiger partial charge is 0.413 e. The van der Waals surface area contributed by atoms with Crippen molar-refractivity contribution in [2.45, 2.75) is 110 Å². The van der Waals surface area contributed by atoms with E-state index in [1.54, 1.807) is 0 Å². The quantitative estimate of drug-likeness (QED) is 0.124. The van der Waals surface area contributed by atoms with E-state index in [0.717, 1.165) is 13.0 Å². The molecule has 2 aromatic carbocycles. The van der Waals surface area contributed by atoms with Gasteiger partial charge in [-0.3, -0.25) is 0 Å². The standard InChI is InChI=1S/C36H58O4Si2/c1-27(23-30-26-38-30)24-33(37-10)29(3)34(40-41(11,12)35(4,5)6)28(2)25-39-42(36(7,8)9,31-19-15-13-16-20-31)32-21-17-14-18-22-32/h13-22,24,28-30,33-34H,23,25-26H2,1-12H3/b27-24+/t28-,29-,30-,33-,34-/m1/s1. The van der Waals surface area contributed by atoms with Crippen LogP contribution in [0.2, 0.25) is 23.2 Å². The van der Waals surface area contributed by atoms with E-state index in [-0.39, 0.29) is 34.1 Å². The van der Waals surface area contributed by atoms with E-state index < -0.39 is 16.6 Å². The molecule has 1 aliphatic rings. The van der Waals surface area contributed by atoms with Gasteiger partial charge in [-0.25, -0.2) is 0 Å². The van der Waals surface area contributed by atoms with E-state index in [4.69, 9.17) is 18.3 Å². The van der Waals surface area contributed by atoms with Crippen LogP contribution in [-0.4, -0.2) is 55.3 Å². The van der Waals surface area contributed by atoms with Crippen LogP contribution >= 0.6 is 0 Å². The van der Waals surface area contributed by atoms with Crippen LogP contribution in [0.5, 0.6) is 0 Å².